The van der Waals surface area contributed by atoms with Crippen LogP contribution in [-0.4, -0.2) is 72.8 Å². The Bertz CT molecular complexity index is 2590. The number of halogens is 2. The van der Waals surface area contributed by atoms with Crippen molar-refractivity contribution in [2.75, 3.05) is 42.9 Å². The number of amides is 1. The standard InChI is InChI=1S/C39H34F2N10O2/c1-48-38(53)30-21-44-39(47-36(30)51(48)33-4-2-3-12-42-33)45-26-7-9-27(10-8-26)50-16-14-49(15-17-50)22-24-6-5-23(18-31(24)41)35-28-11-13-43-37(52)29-19-25(40)20-32(46-35)34(28)29/h2-10,12,18-21,46H,11,13-17,22H2,1H3,(H,43,52)(H,44,45,47). The molecule has 12 nitrogen and oxygen atoms in total. The van der Waals surface area contributed by atoms with Crippen LogP contribution in [0.25, 0.3) is 39.0 Å². The van der Waals surface area contributed by atoms with E-state index in [1.54, 1.807) is 17.9 Å². The van der Waals surface area contributed by atoms with Gasteiger partial charge in [0.25, 0.3) is 11.5 Å². The van der Waals surface area contributed by atoms with Crippen LogP contribution in [0.15, 0.2) is 90.0 Å². The minimum atomic E-state index is -0.497. The van der Waals surface area contributed by atoms with E-state index in [0.717, 1.165) is 43.1 Å². The highest BCUT2D eigenvalue weighted by atomic mass is 19.1. The number of anilines is 3. The number of hydrogen-bond donors (Lipinski definition) is 3. The number of aromatic nitrogens is 6. The zero-order valence-electron chi connectivity index (χ0n) is 28.7. The van der Waals surface area contributed by atoms with Gasteiger partial charge < -0.3 is 20.5 Å². The van der Waals surface area contributed by atoms with E-state index in [9.17, 15) is 14.0 Å². The fraction of sp³-hybridized carbons (Fsp3) is 0.205. The fourth-order valence-electron chi connectivity index (χ4n) is 7.45. The van der Waals surface area contributed by atoms with Gasteiger partial charge in [-0.1, -0.05) is 18.2 Å². The number of nitrogens with one attached hydrogen (secondary N) is 3. The average molecular weight is 713 g/mol. The quantitative estimate of drug-likeness (QED) is 0.204. The minimum Gasteiger partial charge on any atom is -0.369 e. The molecule has 0 unspecified atom stereocenters. The number of benzene rings is 3. The summed E-state index contributed by atoms with van der Waals surface area (Å²) in [6.45, 7) is 4.01. The maximum absolute atomic E-state index is 15.6. The Morgan fingerprint density at radius 1 is 0.925 bits per heavy atom. The second-order valence-electron chi connectivity index (χ2n) is 13.4. The van der Waals surface area contributed by atoms with Crippen LogP contribution in [0.5, 0.6) is 0 Å². The van der Waals surface area contributed by atoms with E-state index in [0.29, 0.717) is 75.6 Å². The first-order valence-electron chi connectivity index (χ1n) is 17.4. The molecule has 3 N–H and O–H groups in total. The minimum absolute atomic E-state index is 0.206. The van der Waals surface area contributed by atoms with Crippen molar-refractivity contribution >= 4 is 45.2 Å². The van der Waals surface area contributed by atoms with Gasteiger partial charge >= 0.3 is 0 Å². The average Bonchev–Trinajstić information content (AvgIpc) is 3.59. The molecule has 0 radical (unpaired) electrons. The molecule has 0 saturated carbocycles. The Balaban J connectivity index is 0.852. The van der Waals surface area contributed by atoms with Crippen LogP contribution in [0.3, 0.4) is 0 Å². The van der Waals surface area contributed by atoms with Crippen molar-refractivity contribution in [3.63, 3.8) is 0 Å². The summed E-state index contributed by atoms with van der Waals surface area (Å²) in [4.78, 5) is 46.6. The van der Waals surface area contributed by atoms with Crippen molar-refractivity contribution in [1.82, 2.24) is 39.5 Å². The number of piperazine rings is 1. The second kappa shape index (κ2) is 13.0. The molecule has 0 atom stereocenters. The lowest BCUT2D eigenvalue weighted by atomic mass is 9.99. The first kappa shape index (κ1) is 32.5. The van der Waals surface area contributed by atoms with Crippen LogP contribution < -0.4 is 21.1 Å². The summed E-state index contributed by atoms with van der Waals surface area (Å²) in [7, 11) is 1.67. The van der Waals surface area contributed by atoms with E-state index >= 15 is 4.39 Å². The summed E-state index contributed by atoms with van der Waals surface area (Å²) in [5.74, 6) is -0.165. The zero-order chi connectivity index (χ0) is 36.2. The first-order chi connectivity index (χ1) is 25.8. The molecule has 0 spiro atoms. The number of carbonyl (C=O) groups is 1. The van der Waals surface area contributed by atoms with Crippen LogP contribution in [0, 0.1) is 11.6 Å². The third kappa shape index (κ3) is 5.86. The lowest BCUT2D eigenvalue weighted by molar-refractivity contribution is 0.0956. The van der Waals surface area contributed by atoms with Crippen LogP contribution in [0.4, 0.5) is 26.1 Å². The molecule has 1 fully saturated rings. The van der Waals surface area contributed by atoms with Gasteiger partial charge in [-0.3, -0.25) is 14.5 Å². The molecule has 2 aliphatic heterocycles. The Hall–Kier alpha value is -6.41. The fourth-order valence-corrected chi connectivity index (χ4v) is 7.45. The Labute approximate surface area is 301 Å². The molecule has 3 aromatic carbocycles. The van der Waals surface area contributed by atoms with Gasteiger partial charge in [0.1, 0.15) is 17.0 Å². The molecule has 14 heteroatoms. The van der Waals surface area contributed by atoms with E-state index in [1.807, 2.05) is 54.6 Å². The highest BCUT2D eigenvalue weighted by Gasteiger charge is 2.25. The van der Waals surface area contributed by atoms with E-state index in [1.165, 1.54) is 29.1 Å². The summed E-state index contributed by atoms with van der Waals surface area (Å²) in [5, 5.41) is 7.17. The van der Waals surface area contributed by atoms with Crippen molar-refractivity contribution in [2.24, 2.45) is 7.05 Å². The number of rotatable bonds is 7. The van der Waals surface area contributed by atoms with Crippen molar-refractivity contribution in [3.8, 4) is 17.1 Å². The SMILES string of the molecule is Cn1c(=O)c2cnc(Nc3ccc(N4CCN(Cc5ccc(-c6[nH]c7cc(F)cc8c7c6CCNC8=O)cc5F)CC4)cc3)nc2n1-c1ccccn1. The molecular weight excluding hydrogens is 678 g/mol. The molecule has 0 aliphatic carbocycles. The number of aromatic amines is 1. The lowest BCUT2D eigenvalue weighted by Gasteiger charge is -2.36. The van der Waals surface area contributed by atoms with Crippen LogP contribution in [0.1, 0.15) is 21.5 Å². The van der Waals surface area contributed by atoms with E-state index in [-0.39, 0.29) is 17.3 Å². The smallest absolute Gasteiger partial charge is 0.277 e. The summed E-state index contributed by atoms with van der Waals surface area (Å²) in [6, 6.07) is 21.4. The maximum Gasteiger partial charge on any atom is 0.277 e. The van der Waals surface area contributed by atoms with Crippen LogP contribution in [0.2, 0.25) is 0 Å². The Morgan fingerprint density at radius 2 is 1.75 bits per heavy atom. The van der Waals surface area contributed by atoms with Gasteiger partial charge in [0.2, 0.25) is 5.95 Å². The molecule has 1 amide bonds. The molecular formula is C39H34F2N10O2. The topological polar surface area (TPSA) is 129 Å². The highest BCUT2D eigenvalue weighted by Crippen LogP contribution is 2.35. The van der Waals surface area contributed by atoms with Gasteiger partial charge in [0, 0.05) is 97.8 Å². The number of nitrogens with zero attached hydrogens (tertiary/aromatic N) is 7. The van der Waals surface area contributed by atoms with E-state index < -0.39 is 5.82 Å². The number of H-pyrrole nitrogens is 1. The van der Waals surface area contributed by atoms with Gasteiger partial charge in [-0.2, -0.15) is 4.98 Å². The molecule has 53 heavy (non-hydrogen) atoms. The molecule has 266 valence electrons. The Kier molecular flexibility index (Phi) is 7.95. The maximum atomic E-state index is 15.6. The van der Waals surface area contributed by atoms with Gasteiger partial charge in [-0.15, -0.1) is 0 Å². The zero-order valence-corrected chi connectivity index (χ0v) is 28.7. The number of fused-ring (bicyclic) bond motifs is 1. The monoisotopic (exact) mass is 712 g/mol. The molecule has 2 aliphatic rings. The van der Waals surface area contributed by atoms with Gasteiger partial charge in [0.15, 0.2) is 11.5 Å². The second-order valence-corrected chi connectivity index (χ2v) is 13.4. The number of hydrogen-bond acceptors (Lipinski definition) is 8. The van der Waals surface area contributed by atoms with E-state index in [2.05, 4.69) is 40.4 Å². The van der Waals surface area contributed by atoms with E-state index in [4.69, 9.17) is 0 Å². The third-order valence-corrected chi connectivity index (χ3v) is 10.1. The molecule has 4 aromatic heterocycles. The predicted molar refractivity (Wildman–Crippen MR) is 199 cm³/mol. The molecule has 6 heterocycles. The summed E-state index contributed by atoms with van der Waals surface area (Å²) < 4.78 is 33.1. The third-order valence-electron chi connectivity index (χ3n) is 10.1. The summed E-state index contributed by atoms with van der Waals surface area (Å²) >= 11 is 0. The molecule has 9 rings (SSSR count). The van der Waals surface area contributed by atoms with Crippen molar-refractivity contribution in [2.45, 2.75) is 13.0 Å². The van der Waals surface area contributed by atoms with Crippen molar-refractivity contribution in [1.29, 1.82) is 0 Å². The molecule has 0 bridgehead atoms. The number of carbonyl (C=O) groups excluding carboxylic acids is 1. The first-order valence-corrected chi connectivity index (χ1v) is 17.4. The molecule has 1 saturated heterocycles. The lowest BCUT2D eigenvalue weighted by Crippen LogP contribution is -2.46. The largest absolute Gasteiger partial charge is 0.369 e. The van der Waals surface area contributed by atoms with Gasteiger partial charge in [0.05, 0.1) is 5.56 Å². The highest BCUT2D eigenvalue weighted by molar-refractivity contribution is 6.10. The number of pyridine rings is 1. The summed E-state index contributed by atoms with van der Waals surface area (Å²) in [5.41, 5.74) is 5.83. The van der Waals surface area contributed by atoms with Crippen LogP contribution in [-0.2, 0) is 20.0 Å². The van der Waals surface area contributed by atoms with Crippen molar-refractivity contribution in [3.05, 3.63) is 124 Å². The van der Waals surface area contributed by atoms with Gasteiger partial charge in [-0.25, -0.2) is 28.1 Å². The predicted octanol–water partition coefficient (Wildman–Crippen LogP) is 5.29. The summed E-state index contributed by atoms with van der Waals surface area (Å²) in [6.07, 6.45) is 3.75. The normalized spacial score (nSPS) is 14.8. The van der Waals surface area contributed by atoms with Crippen LogP contribution >= 0.6 is 0 Å². The molecule has 7 aromatic rings. The Morgan fingerprint density at radius 3 is 2.53 bits per heavy atom. The van der Waals surface area contributed by atoms with Gasteiger partial charge in [-0.05, 0) is 66.6 Å². The van der Waals surface area contributed by atoms with Crippen molar-refractivity contribution < 1.29 is 13.6 Å².